The lowest BCUT2D eigenvalue weighted by molar-refractivity contribution is 0.468. The van der Waals surface area contributed by atoms with Gasteiger partial charge in [-0.25, -0.2) is 18.7 Å². The molecule has 1 aromatic heterocycles. The molecule has 2 heterocycles. The summed E-state index contributed by atoms with van der Waals surface area (Å²) in [5.41, 5.74) is 4.61. The summed E-state index contributed by atoms with van der Waals surface area (Å²) in [6, 6.07) is 11.1. The SMILES string of the molecule is Cc1c2cnc(-n3cnc4ccccc43)[nH]c-2c(Cc2ccc(F)cc2F)c1O. The third kappa shape index (κ3) is 2.74. The van der Waals surface area contributed by atoms with Gasteiger partial charge in [-0.1, -0.05) is 18.2 Å². The summed E-state index contributed by atoms with van der Waals surface area (Å²) in [6.45, 7) is 1.78. The topological polar surface area (TPSA) is 66.7 Å². The fourth-order valence-corrected chi connectivity index (χ4v) is 3.67. The Labute approximate surface area is 164 Å². The van der Waals surface area contributed by atoms with Crippen molar-refractivity contribution in [1.29, 1.82) is 0 Å². The molecule has 0 atom stereocenters. The van der Waals surface area contributed by atoms with Gasteiger partial charge in [0.25, 0.3) is 0 Å². The van der Waals surface area contributed by atoms with Gasteiger partial charge in [0.2, 0.25) is 5.95 Å². The van der Waals surface area contributed by atoms with Gasteiger partial charge in [0.15, 0.2) is 0 Å². The summed E-state index contributed by atoms with van der Waals surface area (Å²) >= 11 is 0. The average Bonchev–Trinajstić information content (AvgIpc) is 3.25. The molecular formula is C22H16F2N4O. The van der Waals surface area contributed by atoms with Crippen molar-refractivity contribution in [2.24, 2.45) is 0 Å². The molecule has 144 valence electrons. The predicted molar refractivity (Wildman–Crippen MR) is 105 cm³/mol. The first kappa shape index (κ1) is 17.4. The Kier molecular flexibility index (Phi) is 3.84. The van der Waals surface area contributed by atoms with Crippen molar-refractivity contribution in [3.63, 3.8) is 0 Å². The van der Waals surface area contributed by atoms with Crippen LogP contribution in [0.3, 0.4) is 0 Å². The number of aromatic amines is 1. The number of H-pyrrole nitrogens is 1. The molecule has 2 N–H and O–H groups in total. The second-order valence-corrected chi connectivity index (χ2v) is 6.96. The predicted octanol–water partition coefficient (Wildman–Crippen LogP) is 4.74. The lowest BCUT2D eigenvalue weighted by atomic mass is 10.0. The quantitative estimate of drug-likeness (QED) is 0.468. The van der Waals surface area contributed by atoms with Crippen molar-refractivity contribution in [2.75, 3.05) is 0 Å². The van der Waals surface area contributed by atoms with Crippen LogP contribution in [0.4, 0.5) is 8.78 Å². The molecule has 1 aliphatic heterocycles. The lowest BCUT2D eigenvalue weighted by Gasteiger charge is -2.10. The van der Waals surface area contributed by atoms with Gasteiger partial charge in [-0.3, -0.25) is 4.57 Å². The van der Waals surface area contributed by atoms with Gasteiger partial charge in [-0.15, -0.1) is 0 Å². The van der Waals surface area contributed by atoms with Gasteiger partial charge in [-0.2, -0.15) is 0 Å². The molecule has 2 aliphatic rings. The number of hydrogen-bond donors (Lipinski definition) is 2. The molecule has 0 bridgehead atoms. The Morgan fingerprint density at radius 1 is 1.10 bits per heavy atom. The molecule has 7 heteroatoms. The van der Waals surface area contributed by atoms with Crippen molar-refractivity contribution < 1.29 is 13.9 Å². The summed E-state index contributed by atoms with van der Waals surface area (Å²) in [5.74, 6) is -0.679. The van der Waals surface area contributed by atoms with Crippen LogP contribution in [0.5, 0.6) is 5.75 Å². The van der Waals surface area contributed by atoms with Gasteiger partial charge in [0.1, 0.15) is 23.7 Å². The summed E-state index contributed by atoms with van der Waals surface area (Å²) in [6.07, 6.45) is 3.47. The van der Waals surface area contributed by atoms with E-state index in [9.17, 15) is 13.9 Å². The molecule has 5 nitrogen and oxygen atoms in total. The number of fused-ring (bicyclic) bond motifs is 2. The number of rotatable bonds is 3. The van der Waals surface area contributed by atoms with Crippen LogP contribution in [0.15, 0.2) is 55.0 Å². The van der Waals surface area contributed by atoms with Crippen molar-refractivity contribution in [3.05, 3.63) is 83.3 Å². The highest BCUT2D eigenvalue weighted by Gasteiger charge is 2.23. The highest BCUT2D eigenvalue weighted by Crippen LogP contribution is 2.41. The molecular weight excluding hydrogens is 374 g/mol. The molecule has 0 saturated heterocycles. The first-order valence-corrected chi connectivity index (χ1v) is 9.08. The van der Waals surface area contributed by atoms with Crippen LogP contribution in [0.25, 0.3) is 28.2 Å². The third-order valence-electron chi connectivity index (χ3n) is 5.23. The minimum absolute atomic E-state index is 0.0782. The van der Waals surface area contributed by atoms with E-state index in [1.165, 1.54) is 12.1 Å². The maximum atomic E-state index is 14.2. The van der Waals surface area contributed by atoms with E-state index in [-0.39, 0.29) is 12.2 Å². The van der Waals surface area contributed by atoms with E-state index in [0.717, 1.165) is 22.7 Å². The van der Waals surface area contributed by atoms with Crippen LogP contribution < -0.4 is 0 Å². The molecule has 1 aliphatic carbocycles. The minimum Gasteiger partial charge on any atom is -0.507 e. The molecule has 29 heavy (non-hydrogen) atoms. The van der Waals surface area contributed by atoms with Gasteiger partial charge in [0, 0.05) is 35.4 Å². The number of benzene rings is 2. The monoisotopic (exact) mass is 390 g/mol. The second-order valence-electron chi connectivity index (χ2n) is 6.96. The van der Waals surface area contributed by atoms with Crippen LogP contribution in [-0.2, 0) is 6.42 Å². The smallest absolute Gasteiger partial charge is 0.213 e. The maximum absolute atomic E-state index is 14.2. The maximum Gasteiger partial charge on any atom is 0.213 e. The van der Waals surface area contributed by atoms with Crippen molar-refractivity contribution >= 4 is 11.0 Å². The fourth-order valence-electron chi connectivity index (χ4n) is 3.67. The minimum atomic E-state index is -0.647. The first-order chi connectivity index (χ1) is 14.0. The molecule has 0 radical (unpaired) electrons. The number of para-hydroxylation sites is 2. The van der Waals surface area contributed by atoms with Gasteiger partial charge in [-0.05, 0) is 30.7 Å². The summed E-state index contributed by atoms with van der Waals surface area (Å²) in [5, 5.41) is 10.7. The first-order valence-electron chi connectivity index (χ1n) is 9.08. The number of imidazole rings is 1. The Bertz CT molecular complexity index is 1340. The lowest BCUT2D eigenvalue weighted by Crippen LogP contribution is -2.03. The zero-order valence-electron chi connectivity index (χ0n) is 15.4. The molecule has 0 spiro atoms. The van der Waals surface area contributed by atoms with Crippen LogP contribution >= 0.6 is 0 Å². The van der Waals surface area contributed by atoms with E-state index in [0.29, 0.717) is 28.3 Å². The molecule has 0 saturated carbocycles. The van der Waals surface area contributed by atoms with Gasteiger partial charge in [0.05, 0.1) is 16.7 Å². The van der Waals surface area contributed by atoms with Gasteiger partial charge < -0.3 is 10.1 Å². The van der Waals surface area contributed by atoms with E-state index in [1.807, 2.05) is 28.8 Å². The number of halogens is 2. The van der Waals surface area contributed by atoms with Crippen LogP contribution in [0, 0.1) is 18.6 Å². The third-order valence-corrected chi connectivity index (χ3v) is 5.23. The number of nitrogens with zero attached hydrogens (tertiary/aromatic N) is 3. The highest BCUT2D eigenvalue weighted by atomic mass is 19.1. The zero-order chi connectivity index (χ0) is 20.1. The van der Waals surface area contributed by atoms with E-state index in [1.54, 1.807) is 19.4 Å². The molecule has 3 aromatic rings. The Morgan fingerprint density at radius 2 is 1.93 bits per heavy atom. The molecule has 0 unspecified atom stereocenters. The summed E-state index contributed by atoms with van der Waals surface area (Å²) in [7, 11) is 0. The Morgan fingerprint density at radius 3 is 2.76 bits per heavy atom. The molecule has 0 fully saturated rings. The average molecular weight is 390 g/mol. The normalized spacial score (nSPS) is 11.6. The number of hydrogen-bond acceptors (Lipinski definition) is 3. The Hall–Kier alpha value is -3.74. The summed E-state index contributed by atoms with van der Waals surface area (Å²) < 4.78 is 29.3. The van der Waals surface area contributed by atoms with Crippen LogP contribution in [-0.4, -0.2) is 24.6 Å². The number of nitrogens with one attached hydrogen (secondary N) is 1. The van der Waals surface area contributed by atoms with E-state index < -0.39 is 11.6 Å². The molecule has 5 rings (SSSR count). The van der Waals surface area contributed by atoms with E-state index >= 15 is 0 Å². The molecule has 0 amide bonds. The van der Waals surface area contributed by atoms with E-state index in [2.05, 4.69) is 15.0 Å². The second kappa shape index (κ2) is 6.41. The zero-order valence-corrected chi connectivity index (χ0v) is 15.4. The van der Waals surface area contributed by atoms with Crippen molar-refractivity contribution in [3.8, 4) is 23.0 Å². The van der Waals surface area contributed by atoms with Crippen LogP contribution in [0.2, 0.25) is 0 Å². The van der Waals surface area contributed by atoms with Crippen molar-refractivity contribution in [1.82, 2.24) is 19.5 Å². The Balaban J connectivity index is 1.67. The number of aromatic hydroxyl groups is 1. The van der Waals surface area contributed by atoms with E-state index in [4.69, 9.17) is 0 Å². The molecule has 2 aromatic carbocycles. The highest BCUT2D eigenvalue weighted by molar-refractivity contribution is 5.79. The van der Waals surface area contributed by atoms with Gasteiger partial charge >= 0.3 is 0 Å². The van der Waals surface area contributed by atoms with Crippen LogP contribution in [0.1, 0.15) is 16.7 Å². The standard InChI is InChI=1S/C22H16F2N4O/c1-12-16-10-25-22(28-11-26-18-4-2-3-5-19(18)28)27-20(16)15(21(12)29)8-13-6-7-14(23)9-17(13)24/h2-7,9-11,29H,8H2,1H3,(H,25,27). The fraction of sp³-hybridized carbons (Fsp3) is 0.0909. The largest absolute Gasteiger partial charge is 0.507 e. The van der Waals surface area contributed by atoms with Crippen molar-refractivity contribution in [2.45, 2.75) is 13.3 Å². The summed E-state index contributed by atoms with van der Waals surface area (Å²) in [4.78, 5) is 12.1. The number of aromatic nitrogens is 4.